The summed E-state index contributed by atoms with van der Waals surface area (Å²) in [6, 6.07) is 0. The molecule has 44 valence electrons. The third-order valence-corrected chi connectivity index (χ3v) is 0.616. The lowest BCUT2D eigenvalue weighted by Gasteiger charge is -1.88. The fraction of sp³-hybridized carbons (Fsp3) is 1.00. The lowest BCUT2D eigenvalue weighted by atomic mass is 10.3. The van der Waals surface area contributed by atoms with Gasteiger partial charge in [0, 0.05) is 24.3 Å². The van der Waals surface area contributed by atoms with Gasteiger partial charge in [-0.05, 0) is 12.7 Å². The minimum absolute atomic E-state index is 2.31. The summed E-state index contributed by atoms with van der Waals surface area (Å²) in [5.41, 5.74) is 0. The van der Waals surface area contributed by atoms with Gasteiger partial charge in [0.05, 0.1) is 0 Å². The van der Waals surface area contributed by atoms with Gasteiger partial charge < -0.3 is 0 Å². The molecule has 0 radical (unpaired) electrons. The highest BCUT2D eigenvalue weighted by atomic mass is 79.9. The minimum atomic E-state index is -3.42. The molecule has 0 spiro atoms. The average Bonchev–Trinajstić information content (AvgIpc) is 1.98. The van der Waals surface area contributed by atoms with E-state index in [-0.39, 0.29) is 0 Å². The molecule has 0 amide bonds. The molecule has 7 heavy (non-hydrogen) atoms. The molecule has 0 aliphatic carbocycles. The quantitative estimate of drug-likeness (QED) is 0.662. The van der Waals surface area contributed by atoms with E-state index in [9.17, 15) is 0 Å². The predicted molar refractivity (Wildman–Crippen MR) is 41.4 cm³/mol. The highest BCUT2D eigenvalue weighted by Gasteiger charge is 1.81. The molecule has 0 unspecified atom stereocenters. The molecule has 0 saturated heterocycles. The van der Waals surface area contributed by atoms with Crippen molar-refractivity contribution in [3.8, 4) is 0 Å². The molecule has 0 rings (SSSR count). The van der Waals surface area contributed by atoms with E-state index in [0.717, 1.165) is 0 Å². The van der Waals surface area contributed by atoms with E-state index in [4.69, 9.17) is 13.7 Å². The molecule has 2 heteroatoms. The molecule has 0 bridgehead atoms. The summed E-state index contributed by atoms with van der Waals surface area (Å²) in [5, 5.41) is -5.70. The van der Waals surface area contributed by atoms with E-state index in [1.54, 1.807) is 0 Å². The molecule has 0 saturated carbocycles. The molecule has 0 aromatic carbocycles. The van der Waals surface area contributed by atoms with Crippen molar-refractivity contribution in [3.05, 3.63) is 0 Å². The first-order valence-corrected chi connectivity index (χ1v) is 2.96. The van der Waals surface area contributed by atoms with Gasteiger partial charge in [-0.2, -0.15) is 0 Å². The lowest BCUT2D eigenvalue weighted by Crippen LogP contribution is -1.76. The first-order valence-electron chi connectivity index (χ1n) is 6.38. The van der Waals surface area contributed by atoms with Crippen LogP contribution in [0.15, 0.2) is 0 Å². The second-order valence-corrected chi connectivity index (χ2v) is 1.36. The summed E-state index contributed by atoms with van der Waals surface area (Å²) in [4.78, 5) is 0. The zero-order valence-corrected chi connectivity index (χ0v) is 6.43. The van der Waals surface area contributed by atoms with Crippen molar-refractivity contribution in [2.45, 2.75) is 19.1 Å². The van der Waals surface area contributed by atoms with Crippen LogP contribution in [0.4, 0.5) is 0 Å². The van der Waals surface area contributed by atoms with E-state index in [2.05, 4.69) is 31.9 Å². The van der Waals surface area contributed by atoms with Crippen molar-refractivity contribution in [1.29, 1.82) is 0 Å². The van der Waals surface area contributed by atoms with Crippen molar-refractivity contribution >= 4 is 31.9 Å². The molecule has 0 aromatic rings. The summed E-state index contributed by atoms with van der Waals surface area (Å²) in [6.07, 6.45) is -9.99. The van der Waals surface area contributed by atoms with Crippen LogP contribution in [0.3, 0.4) is 0 Å². The molecular weight excluding hydrogens is 220 g/mol. The maximum Gasteiger partial charge on any atom is 0.0387 e. The Bertz CT molecular complexity index is 258. The fourth-order valence-corrected chi connectivity index (χ4v) is 0.277. The Balaban J connectivity index is 5.73. The van der Waals surface area contributed by atoms with Crippen LogP contribution in [0.5, 0.6) is 0 Å². The van der Waals surface area contributed by atoms with Crippen LogP contribution in [0.25, 0.3) is 0 Å². The third kappa shape index (κ3) is 6.96. The number of halogens is 2. The maximum absolute atomic E-state index is 7.42. The standard InChI is InChI=1S/C5H10Br2/c6-4-2-1-3-5-7/h1-5H2/i1D2,2D2,3D2,4D2,5D2. The van der Waals surface area contributed by atoms with E-state index < -0.39 is 29.7 Å². The van der Waals surface area contributed by atoms with Crippen molar-refractivity contribution < 1.29 is 13.7 Å². The Morgan fingerprint density at radius 2 is 1.43 bits per heavy atom. The van der Waals surface area contributed by atoms with E-state index in [0.29, 0.717) is 0 Å². The Morgan fingerprint density at radius 3 is 1.71 bits per heavy atom. The van der Waals surface area contributed by atoms with E-state index in [1.165, 1.54) is 0 Å². The highest BCUT2D eigenvalue weighted by molar-refractivity contribution is 9.09. The van der Waals surface area contributed by atoms with Crippen LogP contribution >= 0.6 is 31.9 Å². The number of hydrogen-bond donors (Lipinski definition) is 0. The van der Waals surface area contributed by atoms with Gasteiger partial charge in [0.15, 0.2) is 0 Å². The van der Waals surface area contributed by atoms with Gasteiger partial charge in [0.1, 0.15) is 0 Å². The zero-order valence-electron chi connectivity index (χ0n) is 13.3. The van der Waals surface area contributed by atoms with Crippen LogP contribution < -0.4 is 0 Å². The number of hydrogen-bond acceptors (Lipinski definition) is 0. The second-order valence-electron chi connectivity index (χ2n) is 0.564. The number of alkyl halides is 2. The second kappa shape index (κ2) is 6.96. The smallest absolute Gasteiger partial charge is 0.0387 e. The normalized spacial score (nSPS) is 40.9. The zero-order chi connectivity index (χ0) is 14.5. The molecule has 0 aromatic heterocycles. The summed E-state index contributed by atoms with van der Waals surface area (Å²) in [5.74, 6) is 0. The van der Waals surface area contributed by atoms with Crippen molar-refractivity contribution in [3.63, 3.8) is 0 Å². The van der Waals surface area contributed by atoms with Gasteiger partial charge in [-0.25, -0.2) is 0 Å². The molecule has 0 heterocycles. The Labute approximate surface area is 76.0 Å². The molecular formula is C5H10Br2. The first-order chi connectivity index (χ1) is 7.00. The Morgan fingerprint density at radius 1 is 1.00 bits per heavy atom. The summed E-state index contributed by atoms with van der Waals surface area (Å²) >= 11 is 4.62. The third-order valence-electron chi connectivity index (χ3n) is 0.219. The van der Waals surface area contributed by atoms with Gasteiger partial charge >= 0.3 is 0 Å². The number of rotatable bonds is 4. The van der Waals surface area contributed by atoms with Crippen molar-refractivity contribution in [1.82, 2.24) is 0 Å². The summed E-state index contributed by atoms with van der Waals surface area (Å²) in [6.45, 7) is 0. The van der Waals surface area contributed by atoms with Gasteiger partial charge in [-0.15, -0.1) is 0 Å². The van der Waals surface area contributed by atoms with Crippen molar-refractivity contribution in [2.75, 3.05) is 10.6 Å². The summed E-state index contributed by atoms with van der Waals surface area (Å²) in [7, 11) is 0. The van der Waals surface area contributed by atoms with Crippen molar-refractivity contribution in [2.24, 2.45) is 0 Å². The molecule has 0 N–H and O–H groups in total. The SMILES string of the molecule is [2H]C([2H])(Br)C([2H])([2H])C([2H])([2H])C([2H])([2H])C([2H])([2H])Br. The van der Waals surface area contributed by atoms with Gasteiger partial charge in [0.2, 0.25) is 0 Å². The monoisotopic (exact) mass is 238 g/mol. The molecule has 0 nitrogen and oxygen atoms in total. The highest BCUT2D eigenvalue weighted by Crippen LogP contribution is 1.99. The van der Waals surface area contributed by atoms with Crippen LogP contribution in [0.1, 0.15) is 32.8 Å². The maximum atomic E-state index is 7.42. The minimum Gasteiger partial charge on any atom is -0.0928 e. The van der Waals surface area contributed by atoms with Gasteiger partial charge in [-0.3, -0.25) is 0 Å². The first kappa shape index (κ1) is 1.34. The van der Waals surface area contributed by atoms with Crippen LogP contribution in [-0.2, 0) is 0 Å². The molecule has 0 atom stereocenters. The predicted octanol–water partition coefficient (Wildman–Crippen LogP) is 2.95. The molecule has 0 fully saturated rings. The van der Waals surface area contributed by atoms with Crippen LogP contribution in [0, 0.1) is 0 Å². The average molecular weight is 240 g/mol. The van der Waals surface area contributed by atoms with Gasteiger partial charge in [0.25, 0.3) is 0 Å². The largest absolute Gasteiger partial charge is 0.0928 e. The topological polar surface area (TPSA) is 0 Å². The lowest BCUT2D eigenvalue weighted by molar-refractivity contribution is 0.792. The molecule has 0 aliphatic rings. The van der Waals surface area contributed by atoms with Crippen LogP contribution in [0.2, 0.25) is 0 Å². The molecule has 0 aliphatic heterocycles. The Hall–Kier alpha value is 0.960. The van der Waals surface area contributed by atoms with Crippen LogP contribution in [-0.4, -0.2) is 10.6 Å². The van der Waals surface area contributed by atoms with Gasteiger partial charge in [-0.1, -0.05) is 38.2 Å². The fourth-order valence-electron chi connectivity index (χ4n) is 0.0785. The van der Waals surface area contributed by atoms with E-state index in [1.807, 2.05) is 0 Å². The van der Waals surface area contributed by atoms with E-state index >= 15 is 0 Å². The summed E-state index contributed by atoms with van der Waals surface area (Å²) < 4.78 is 72.8. The Kier molecular flexibility index (Phi) is 1.33.